The number of carbonyl (C=O) groups is 1. The molecule has 1 aromatic heterocycles. The Hall–Kier alpha value is -3.55. The van der Waals surface area contributed by atoms with Crippen molar-refractivity contribution >= 4 is 6.03 Å². The lowest BCUT2D eigenvalue weighted by atomic mass is 9.96. The maximum Gasteiger partial charge on any atom is 0.362 e. The fourth-order valence-electron chi connectivity index (χ4n) is 4.05. The van der Waals surface area contributed by atoms with Crippen molar-refractivity contribution in [3.05, 3.63) is 54.2 Å². The molecule has 0 spiro atoms. The molecule has 1 aliphatic rings. The minimum Gasteiger partial charge on any atom is -0.507 e. The molecule has 162 valence electrons. The molecule has 0 aliphatic carbocycles. The molecule has 1 saturated heterocycles. The van der Waals surface area contributed by atoms with Crippen LogP contribution in [0.5, 0.6) is 17.2 Å². The molecule has 0 radical (unpaired) electrons. The van der Waals surface area contributed by atoms with E-state index in [1.54, 1.807) is 6.07 Å². The van der Waals surface area contributed by atoms with Crippen molar-refractivity contribution in [3.8, 4) is 28.5 Å². The highest BCUT2D eigenvalue weighted by molar-refractivity contribution is 5.78. The van der Waals surface area contributed by atoms with Crippen LogP contribution in [0.15, 0.2) is 48.7 Å². The van der Waals surface area contributed by atoms with Gasteiger partial charge in [-0.1, -0.05) is 35.1 Å². The molecule has 1 fully saturated rings. The molecule has 8 heteroatoms. The number of piperidine rings is 1. The number of phenols is 1. The largest absolute Gasteiger partial charge is 0.507 e. The molecule has 1 N–H and O–H groups in total. The number of phenolic OH excluding ortho intramolecular Hbond substituents is 1. The molecule has 2 heterocycles. The zero-order valence-corrected chi connectivity index (χ0v) is 17.7. The lowest BCUT2D eigenvalue weighted by Gasteiger charge is -2.35. The first kappa shape index (κ1) is 20.7. The Balaban J connectivity index is 1.59. The third-order valence-corrected chi connectivity index (χ3v) is 5.62. The van der Waals surface area contributed by atoms with Crippen LogP contribution in [0.2, 0.25) is 0 Å². The predicted molar refractivity (Wildman–Crippen MR) is 116 cm³/mol. The number of nitrogens with zero attached hydrogens (tertiary/aromatic N) is 4. The third-order valence-electron chi connectivity index (χ3n) is 5.62. The van der Waals surface area contributed by atoms with Crippen LogP contribution in [0.25, 0.3) is 11.3 Å². The number of rotatable bonds is 5. The Morgan fingerprint density at radius 1 is 1.16 bits per heavy atom. The maximum absolute atomic E-state index is 13.2. The SMILES string of the molecule is COc1cc(O)c(-c2cnn(C(=O)N3CCCCC3Cc3ccccc3)n2)c(OC)c1. The van der Waals surface area contributed by atoms with Gasteiger partial charge in [0.1, 0.15) is 22.9 Å². The highest BCUT2D eigenvalue weighted by Gasteiger charge is 2.29. The van der Waals surface area contributed by atoms with Crippen LogP contribution < -0.4 is 9.47 Å². The zero-order chi connectivity index (χ0) is 21.8. The van der Waals surface area contributed by atoms with Gasteiger partial charge in [-0.2, -0.15) is 5.10 Å². The molecule has 8 nitrogen and oxygen atoms in total. The van der Waals surface area contributed by atoms with E-state index in [-0.39, 0.29) is 17.8 Å². The summed E-state index contributed by atoms with van der Waals surface area (Å²) >= 11 is 0. The van der Waals surface area contributed by atoms with Crippen LogP contribution in [-0.2, 0) is 6.42 Å². The van der Waals surface area contributed by atoms with E-state index < -0.39 is 0 Å². The first-order chi connectivity index (χ1) is 15.1. The average molecular weight is 422 g/mol. The standard InChI is InChI=1S/C23H26N4O4/c1-30-18-13-20(28)22(21(14-18)31-2)19-15-24-27(25-19)23(29)26-11-7-6-10-17(26)12-16-8-4-3-5-9-16/h3-5,8-9,13-15,17,28H,6-7,10-12H2,1-2H3. The topological polar surface area (TPSA) is 89.7 Å². The summed E-state index contributed by atoms with van der Waals surface area (Å²) in [6, 6.07) is 13.1. The lowest BCUT2D eigenvalue weighted by molar-refractivity contribution is 0.146. The van der Waals surface area contributed by atoms with Gasteiger partial charge >= 0.3 is 6.03 Å². The lowest BCUT2D eigenvalue weighted by Crippen LogP contribution is -2.47. The van der Waals surface area contributed by atoms with Crippen molar-refractivity contribution in [2.45, 2.75) is 31.7 Å². The number of likely N-dealkylation sites (tertiary alicyclic amines) is 1. The third kappa shape index (κ3) is 4.33. The maximum atomic E-state index is 13.2. The van der Waals surface area contributed by atoms with Gasteiger partial charge in [0.05, 0.1) is 26.0 Å². The number of benzene rings is 2. The number of hydrogen-bond donors (Lipinski definition) is 1. The Morgan fingerprint density at radius 2 is 1.97 bits per heavy atom. The van der Waals surface area contributed by atoms with E-state index in [4.69, 9.17) is 9.47 Å². The van der Waals surface area contributed by atoms with Gasteiger partial charge in [-0.3, -0.25) is 0 Å². The van der Waals surface area contributed by atoms with E-state index in [1.807, 2.05) is 23.1 Å². The van der Waals surface area contributed by atoms with Crippen LogP contribution in [0.1, 0.15) is 24.8 Å². The Bertz CT molecular complexity index is 1050. The number of aromatic nitrogens is 3. The number of ether oxygens (including phenoxy) is 2. The van der Waals surface area contributed by atoms with E-state index in [0.717, 1.165) is 30.5 Å². The van der Waals surface area contributed by atoms with Crippen molar-refractivity contribution in [3.63, 3.8) is 0 Å². The molecular weight excluding hydrogens is 396 g/mol. The second kappa shape index (κ2) is 9.07. The molecule has 0 bridgehead atoms. The first-order valence-electron chi connectivity index (χ1n) is 10.3. The number of aromatic hydroxyl groups is 1. The fourth-order valence-corrected chi connectivity index (χ4v) is 4.05. The summed E-state index contributed by atoms with van der Waals surface area (Å²) in [6.07, 6.45) is 5.25. The van der Waals surface area contributed by atoms with Crippen molar-refractivity contribution < 1.29 is 19.4 Å². The number of hydrogen-bond acceptors (Lipinski definition) is 6. The van der Waals surface area contributed by atoms with Crippen LogP contribution in [0.3, 0.4) is 0 Å². The minimum absolute atomic E-state index is 0.0596. The van der Waals surface area contributed by atoms with Gasteiger partial charge in [-0.25, -0.2) is 4.79 Å². The highest BCUT2D eigenvalue weighted by Crippen LogP contribution is 2.40. The summed E-state index contributed by atoms with van der Waals surface area (Å²) in [5, 5.41) is 19.0. The Labute approximate surface area is 181 Å². The monoisotopic (exact) mass is 422 g/mol. The van der Waals surface area contributed by atoms with E-state index in [9.17, 15) is 9.90 Å². The highest BCUT2D eigenvalue weighted by atomic mass is 16.5. The smallest absolute Gasteiger partial charge is 0.362 e. The van der Waals surface area contributed by atoms with Gasteiger partial charge in [0.15, 0.2) is 0 Å². The van der Waals surface area contributed by atoms with E-state index in [0.29, 0.717) is 29.3 Å². The molecule has 1 atom stereocenters. The molecule has 1 unspecified atom stereocenters. The molecule has 4 rings (SSSR count). The molecule has 1 aliphatic heterocycles. The molecule has 3 aromatic rings. The Kier molecular flexibility index (Phi) is 6.06. The summed E-state index contributed by atoms with van der Waals surface area (Å²) in [4.78, 5) is 16.2. The van der Waals surface area contributed by atoms with Crippen LogP contribution in [0.4, 0.5) is 4.79 Å². The summed E-state index contributed by atoms with van der Waals surface area (Å²) in [6.45, 7) is 0.671. The van der Waals surface area contributed by atoms with Crippen molar-refractivity contribution in [2.75, 3.05) is 20.8 Å². The van der Waals surface area contributed by atoms with Gasteiger partial charge in [0.25, 0.3) is 0 Å². The summed E-state index contributed by atoms with van der Waals surface area (Å²) in [5.74, 6) is 0.783. The van der Waals surface area contributed by atoms with Crippen molar-refractivity contribution in [1.82, 2.24) is 19.9 Å². The van der Waals surface area contributed by atoms with Gasteiger partial charge in [0.2, 0.25) is 0 Å². The fraction of sp³-hybridized carbons (Fsp3) is 0.348. The predicted octanol–water partition coefficient (Wildman–Crippen LogP) is 3.73. The van der Waals surface area contributed by atoms with E-state index >= 15 is 0 Å². The molecular formula is C23H26N4O4. The van der Waals surface area contributed by atoms with Crippen LogP contribution in [0, 0.1) is 0 Å². The average Bonchev–Trinajstić information content (AvgIpc) is 3.28. The van der Waals surface area contributed by atoms with E-state index in [1.165, 1.54) is 32.0 Å². The summed E-state index contributed by atoms with van der Waals surface area (Å²) < 4.78 is 10.5. The molecule has 31 heavy (non-hydrogen) atoms. The molecule has 0 saturated carbocycles. The minimum atomic E-state index is -0.265. The van der Waals surface area contributed by atoms with Gasteiger partial charge < -0.3 is 19.5 Å². The summed E-state index contributed by atoms with van der Waals surface area (Å²) in [7, 11) is 3.00. The van der Waals surface area contributed by atoms with Crippen LogP contribution in [-0.4, -0.2) is 57.8 Å². The number of amides is 1. The normalized spacial score (nSPS) is 16.2. The Morgan fingerprint density at radius 3 is 2.71 bits per heavy atom. The van der Waals surface area contributed by atoms with Crippen molar-refractivity contribution in [1.29, 1.82) is 0 Å². The second-order valence-electron chi connectivity index (χ2n) is 7.56. The van der Waals surface area contributed by atoms with Crippen molar-refractivity contribution in [2.24, 2.45) is 0 Å². The number of carbonyl (C=O) groups excluding carboxylic acids is 1. The van der Waals surface area contributed by atoms with Crippen LogP contribution >= 0.6 is 0 Å². The first-order valence-corrected chi connectivity index (χ1v) is 10.3. The zero-order valence-electron chi connectivity index (χ0n) is 17.7. The van der Waals surface area contributed by atoms with E-state index in [2.05, 4.69) is 22.3 Å². The molecule has 2 aromatic carbocycles. The second-order valence-corrected chi connectivity index (χ2v) is 7.56. The molecule has 1 amide bonds. The number of methoxy groups -OCH3 is 2. The van der Waals surface area contributed by atoms with Gasteiger partial charge in [-0.15, -0.1) is 5.10 Å². The van der Waals surface area contributed by atoms with Gasteiger partial charge in [0, 0.05) is 24.7 Å². The summed E-state index contributed by atoms with van der Waals surface area (Å²) in [5.41, 5.74) is 1.91. The van der Waals surface area contributed by atoms with Gasteiger partial charge in [-0.05, 0) is 31.2 Å². The quantitative estimate of drug-likeness (QED) is 0.674.